The zero-order valence-corrected chi connectivity index (χ0v) is 69.4. The van der Waals surface area contributed by atoms with Gasteiger partial charge in [0.25, 0.3) is 0 Å². The molecule has 1 aromatic carbocycles. The van der Waals surface area contributed by atoms with Crippen molar-refractivity contribution >= 4 is 24.0 Å². The summed E-state index contributed by atoms with van der Waals surface area (Å²) in [6.07, 6.45) is -54.1. The first-order valence-corrected chi connectivity index (χ1v) is 41.5. The summed E-state index contributed by atoms with van der Waals surface area (Å²) in [7, 11) is 4.17. The van der Waals surface area contributed by atoms with E-state index >= 15 is 4.79 Å². The number of rotatable bonds is 25. The number of aliphatic carboxylic acids is 1. The predicted molar refractivity (Wildman–Crippen MR) is 404 cm³/mol. The van der Waals surface area contributed by atoms with Crippen LogP contribution in [0, 0.1) is 50.2 Å². The molecule has 7 aliphatic heterocycles. The lowest BCUT2D eigenvalue weighted by atomic mass is 9.33. The van der Waals surface area contributed by atoms with Crippen molar-refractivity contribution in [3.8, 4) is 17.2 Å². The number of allylic oxidation sites excluding steroid dienone is 1. The maximum absolute atomic E-state index is 16.4. The fourth-order valence-corrected chi connectivity index (χ4v) is 21.9. The second-order valence-electron chi connectivity index (χ2n) is 36.5. The molecule has 0 amide bonds. The van der Waals surface area contributed by atoms with Gasteiger partial charge in [0.1, 0.15) is 128 Å². The summed E-state index contributed by atoms with van der Waals surface area (Å²) in [4.78, 5) is 44.7. The van der Waals surface area contributed by atoms with Gasteiger partial charge in [0.05, 0.1) is 96.7 Å². The minimum absolute atomic E-state index is 0.0504. The van der Waals surface area contributed by atoms with E-state index in [1.54, 1.807) is 0 Å². The van der Waals surface area contributed by atoms with Crippen molar-refractivity contribution in [2.24, 2.45) is 50.2 Å². The number of hydrogen-bond donors (Lipinski definition) is 20. The van der Waals surface area contributed by atoms with Gasteiger partial charge in [-0.1, -0.05) is 39.3 Å². The van der Waals surface area contributed by atoms with E-state index < -0.39 is 317 Å². The fraction of sp³-hybridized carbons (Fsp3) is 0.840. The molecule has 0 aromatic heterocycles. The Bertz CT molecular complexity index is 3830. The van der Waals surface area contributed by atoms with Crippen LogP contribution in [0.2, 0.25) is 0 Å². The molecule has 122 heavy (non-hydrogen) atoms. The van der Waals surface area contributed by atoms with Gasteiger partial charge in [-0.2, -0.15) is 0 Å². The number of carbonyl (C=O) groups is 3. The number of carboxylic acids is 1. The average molecular weight is 1750 g/mol. The zero-order valence-electron chi connectivity index (χ0n) is 69.4. The maximum Gasteiger partial charge on any atom is 0.331 e. The van der Waals surface area contributed by atoms with Gasteiger partial charge in [0.2, 0.25) is 12.0 Å². The molecule has 41 heteroatoms. The number of fused-ring (bicyclic) bond motifs is 7. The minimum Gasteiger partial charge on any atom is -0.493 e. The van der Waals surface area contributed by atoms with Crippen LogP contribution < -0.4 is 14.2 Å². The van der Waals surface area contributed by atoms with E-state index in [1.807, 2.05) is 26.8 Å². The Balaban J connectivity index is 0.838. The van der Waals surface area contributed by atoms with Crippen LogP contribution in [0.25, 0.3) is 6.08 Å². The summed E-state index contributed by atoms with van der Waals surface area (Å²) >= 11 is 0. The number of methoxy groups -OCH3 is 3. The topological polar surface area (TPSA) is 622 Å². The normalized spacial score (nSPS) is 48.9. The van der Waals surface area contributed by atoms with E-state index in [0.29, 0.717) is 24.8 Å². The maximum atomic E-state index is 16.4. The molecule has 0 radical (unpaired) electrons. The van der Waals surface area contributed by atoms with Crippen LogP contribution in [0.5, 0.6) is 17.2 Å². The molecule has 1 aromatic rings. The van der Waals surface area contributed by atoms with Gasteiger partial charge in [0.15, 0.2) is 61.4 Å². The van der Waals surface area contributed by atoms with E-state index in [0.717, 1.165) is 11.6 Å². The van der Waals surface area contributed by atoms with Crippen molar-refractivity contribution in [3.05, 3.63) is 35.4 Å². The molecule has 7 heterocycles. The van der Waals surface area contributed by atoms with Gasteiger partial charge in [-0.25, -0.2) is 4.79 Å². The van der Waals surface area contributed by atoms with Crippen LogP contribution >= 0.6 is 0 Å². The van der Waals surface area contributed by atoms with Crippen molar-refractivity contribution in [1.29, 1.82) is 0 Å². The van der Waals surface area contributed by atoms with Crippen molar-refractivity contribution < 1.29 is 202 Å². The molecule has 4 saturated carbocycles. The first kappa shape index (κ1) is 94.8. The Hall–Kier alpha value is -4.77. The Morgan fingerprint density at radius 1 is 0.508 bits per heavy atom. The number of carbonyl (C=O) groups excluding carboxylic acids is 2. The molecule has 12 aliphatic rings. The zero-order chi connectivity index (χ0) is 88.9. The van der Waals surface area contributed by atoms with E-state index in [4.69, 9.17) is 85.3 Å². The lowest BCUT2D eigenvalue weighted by Gasteiger charge is -2.71. The summed E-state index contributed by atoms with van der Waals surface area (Å²) in [5.41, 5.74) is -8.09. The molecule has 0 spiro atoms. The molecular formula is C81H122O41. The van der Waals surface area contributed by atoms with Gasteiger partial charge in [-0.05, 0) is 136 Å². The fourth-order valence-electron chi connectivity index (χ4n) is 21.9. The summed E-state index contributed by atoms with van der Waals surface area (Å²) in [6.45, 7) is 6.93. The van der Waals surface area contributed by atoms with E-state index in [1.165, 1.54) is 60.3 Å². The summed E-state index contributed by atoms with van der Waals surface area (Å²) in [5.74, 6) is -4.52. The third-order valence-corrected chi connectivity index (χ3v) is 29.0. The lowest BCUT2D eigenvalue weighted by molar-refractivity contribution is -0.404. The molecule has 41 nitrogen and oxygen atoms in total. The molecule has 13 rings (SSSR count). The number of aliphatic hydroxyl groups is 19. The second kappa shape index (κ2) is 36.6. The molecule has 692 valence electrons. The van der Waals surface area contributed by atoms with Gasteiger partial charge in [-0.15, -0.1) is 0 Å². The standard InChI is InChI=1S/C81H122O41/c1-32-57(115-46(89)14-11-34-21-40(105-8)60(107-10)41(22-34)106-9)55(98)62(119-69-56(99)61(118-67-53(96)50(93)48(91)42(25-82)113-67)58(33(2)111-69)116-70-63(120-66-52(95)47(90)38(87)27-108-66)59(39(88)28-109-70)117-72-64(100)81(104,30-85)31-110-72)71(112-32)122-74(103)79-18-17-75(3,4)23-36(79)35-12-13-44-76(5)24-37(86)65(121-68-54(97)51(94)49(92)43(26-83)114-68)78(7,73(101)102)45(76)15-16-77(44,6)80(35,29-84)20-19-79/h11-12,14,21-22,32-33,36-39,42-45,47-59,61-72,82-88,90-100,104H,13,15-20,23-31H2,1-10H3,(H,101,102)/b14-11+/t32-,33+,36+,37+,38-,39+,42-,43-,44-,45-,47+,48+,49-,50+,51+,52-,53-,54-,55+,56-,57+,58+,59+,61+,62-,63-,64+,65+,66+,67+,68+,69+,70+,71+,72+,76-,77-,78+,79+,80+,81-/m1/s1. The monoisotopic (exact) mass is 1750 g/mol. The van der Waals surface area contributed by atoms with Gasteiger partial charge >= 0.3 is 17.9 Å². The summed E-state index contributed by atoms with van der Waals surface area (Å²) in [5, 5.41) is 225. The van der Waals surface area contributed by atoms with E-state index in [2.05, 4.69) is 6.92 Å². The van der Waals surface area contributed by atoms with Crippen molar-refractivity contribution in [2.75, 3.05) is 67.6 Å². The Labute approximate surface area is 702 Å². The van der Waals surface area contributed by atoms with Crippen molar-refractivity contribution in [3.63, 3.8) is 0 Å². The molecule has 0 unspecified atom stereocenters. The highest BCUT2D eigenvalue weighted by atomic mass is 16.8. The third kappa shape index (κ3) is 16.7. The number of benzene rings is 1. The van der Waals surface area contributed by atoms with Crippen LogP contribution in [0.15, 0.2) is 29.9 Å². The number of ether oxygens (including phenoxy) is 18. The number of esters is 2. The van der Waals surface area contributed by atoms with Crippen LogP contribution in [0.4, 0.5) is 0 Å². The highest BCUT2D eigenvalue weighted by Gasteiger charge is 2.74. The predicted octanol–water partition coefficient (Wildman–Crippen LogP) is -5.29. The Morgan fingerprint density at radius 3 is 1.66 bits per heavy atom. The van der Waals surface area contributed by atoms with Crippen LogP contribution in [0.3, 0.4) is 0 Å². The summed E-state index contributed by atoms with van der Waals surface area (Å²) < 4.78 is 109. The molecule has 41 atom stereocenters. The van der Waals surface area contributed by atoms with Crippen LogP contribution in [0.1, 0.15) is 112 Å². The minimum atomic E-state index is -2.36. The largest absolute Gasteiger partial charge is 0.493 e. The van der Waals surface area contributed by atoms with E-state index in [9.17, 15) is 112 Å². The third-order valence-electron chi connectivity index (χ3n) is 29.0. The molecule has 0 bridgehead atoms. The number of aliphatic hydroxyl groups excluding tert-OH is 18. The van der Waals surface area contributed by atoms with Gasteiger partial charge in [0, 0.05) is 11.5 Å². The number of carboxylic acid groups (broad SMARTS) is 1. The SMILES string of the molecule is COc1cc(/C=C/C(=O)O[C@@H]2[C@H](O)[C@@H](O[C@@H]3O[C@@H](C)[C@H](O[C@@H]4OC[C@H](O)[C@H](O[C@@H]5OC[C@](O)(CO)[C@H]5O)[C@H]4O[C@@H]4OC[C@@H](O)[C@H](O)[C@H]4O)[C@@H](O[C@@H]4O[C@H](CO)[C@H](O)[C@H](O)[C@H]4O)[C@H]3O)[C@H](OC(=O)[C@]34CCC(C)(C)C[C@H]3C3=CC[C@@H]5[C@@]6(C)C[C@H](O)[C@H](O[C@@H]7O[C@H](CO)[C@@H](O)[C@H](O)[C@H]7O)[C@@](C)(C(=O)O)[C@@H]6CC[C@@]5(C)[C@]3(CO)CC4)O[C@@H]2C)cc(OC)c1OC. The molecule has 11 fully saturated rings. The van der Waals surface area contributed by atoms with Crippen LogP contribution in [-0.2, 0) is 85.4 Å². The van der Waals surface area contributed by atoms with Crippen molar-refractivity contribution in [1.82, 2.24) is 0 Å². The van der Waals surface area contributed by atoms with Gasteiger partial charge < -0.3 is 187 Å². The van der Waals surface area contributed by atoms with Crippen LogP contribution in [-0.4, -0.2) is 390 Å². The molecule has 5 aliphatic carbocycles. The molecule has 20 N–H and O–H groups in total. The quantitative estimate of drug-likeness (QED) is 0.0188. The molecule has 7 saturated heterocycles. The Kier molecular flexibility index (Phi) is 28.5. The Morgan fingerprint density at radius 2 is 1.07 bits per heavy atom. The highest BCUT2D eigenvalue weighted by molar-refractivity contribution is 5.87. The lowest BCUT2D eigenvalue weighted by Crippen LogP contribution is -2.71. The average Bonchev–Trinajstić information content (AvgIpc) is 0.759. The first-order valence-electron chi connectivity index (χ1n) is 41.5. The van der Waals surface area contributed by atoms with Gasteiger partial charge in [-0.3, -0.25) is 9.59 Å². The second-order valence-corrected chi connectivity index (χ2v) is 36.5. The van der Waals surface area contributed by atoms with E-state index in [-0.39, 0.29) is 55.8 Å². The van der Waals surface area contributed by atoms with Crippen molar-refractivity contribution in [2.45, 2.75) is 308 Å². The molecular weight excluding hydrogens is 1630 g/mol. The number of hydrogen-bond acceptors (Lipinski definition) is 40. The first-order chi connectivity index (χ1) is 57.5. The highest BCUT2D eigenvalue weighted by Crippen LogP contribution is 2.76. The summed E-state index contributed by atoms with van der Waals surface area (Å²) in [6, 6.07) is 3.06. The smallest absolute Gasteiger partial charge is 0.331 e.